The molecule has 118 valence electrons. The number of hydrogen-bond acceptors (Lipinski definition) is 4. The van der Waals surface area contributed by atoms with Crippen molar-refractivity contribution >= 4 is 16.9 Å². The highest BCUT2D eigenvalue weighted by Gasteiger charge is 2.60. The van der Waals surface area contributed by atoms with E-state index in [9.17, 15) is 4.79 Å². The quantitative estimate of drug-likeness (QED) is 0.944. The average Bonchev–Trinajstić information content (AvgIpc) is 2.99. The summed E-state index contributed by atoms with van der Waals surface area (Å²) in [5.41, 5.74) is 0.800. The maximum absolute atomic E-state index is 12.9. The molecule has 2 atom stereocenters. The summed E-state index contributed by atoms with van der Waals surface area (Å²) in [6, 6.07) is 1.95. The number of ether oxygens (including phenoxy) is 1. The normalized spacial score (nSPS) is 26.7. The Labute approximate surface area is 129 Å². The van der Waals surface area contributed by atoms with Crippen LogP contribution in [-0.2, 0) is 4.74 Å². The number of hydrogen-bond donors (Lipinski definition) is 1. The molecule has 0 radical (unpaired) electrons. The number of carbonyl (C=O) groups is 1. The Balaban J connectivity index is 1.89. The minimum absolute atomic E-state index is 0.0803. The molecular weight excluding hydrogens is 280 g/mol. The first kappa shape index (κ1) is 15.0. The lowest BCUT2D eigenvalue weighted by atomic mass is 9.55. The van der Waals surface area contributed by atoms with Crippen molar-refractivity contribution in [2.45, 2.75) is 38.8 Å². The number of nitrogens with zero attached hydrogens (tertiary/aromatic N) is 3. The molecule has 0 spiro atoms. The van der Waals surface area contributed by atoms with Gasteiger partial charge in [0.1, 0.15) is 17.7 Å². The van der Waals surface area contributed by atoms with Gasteiger partial charge in [-0.2, -0.15) is 0 Å². The Bertz CT molecular complexity index is 724. The molecular formula is C16H22N4O2. The molecule has 0 bridgehead atoms. The predicted molar refractivity (Wildman–Crippen MR) is 83.6 cm³/mol. The molecule has 2 unspecified atom stereocenters. The van der Waals surface area contributed by atoms with Crippen molar-refractivity contribution < 1.29 is 9.53 Å². The Kier molecular flexibility index (Phi) is 3.25. The number of aromatic nitrogens is 3. The monoisotopic (exact) mass is 302 g/mol. The van der Waals surface area contributed by atoms with Crippen molar-refractivity contribution in [3.05, 3.63) is 24.3 Å². The van der Waals surface area contributed by atoms with Gasteiger partial charge in [0.05, 0.1) is 11.0 Å². The van der Waals surface area contributed by atoms with Crippen LogP contribution in [0.25, 0.3) is 11.0 Å². The van der Waals surface area contributed by atoms with Gasteiger partial charge in [-0.3, -0.25) is 4.79 Å². The molecule has 3 rings (SSSR count). The van der Waals surface area contributed by atoms with Crippen molar-refractivity contribution in [3.8, 4) is 0 Å². The number of methoxy groups -OCH3 is 1. The second-order valence-electron chi connectivity index (χ2n) is 6.75. The lowest BCUT2D eigenvalue weighted by Gasteiger charge is -2.61. The number of rotatable bonds is 3. The van der Waals surface area contributed by atoms with Gasteiger partial charge >= 0.3 is 0 Å². The van der Waals surface area contributed by atoms with Gasteiger partial charge in [-0.15, -0.1) is 0 Å². The van der Waals surface area contributed by atoms with Gasteiger partial charge < -0.3 is 14.6 Å². The lowest BCUT2D eigenvalue weighted by Crippen LogP contribution is -2.68. The largest absolute Gasteiger partial charge is 0.378 e. The molecule has 0 saturated heterocycles. The molecule has 0 aliphatic heterocycles. The summed E-state index contributed by atoms with van der Waals surface area (Å²) in [4.78, 5) is 26.0. The van der Waals surface area contributed by atoms with E-state index in [-0.39, 0.29) is 23.0 Å². The summed E-state index contributed by atoms with van der Waals surface area (Å²) in [6.45, 7) is 6.37. The topological polar surface area (TPSA) is 71.1 Å². The number of nitrogens with one attached hydrogen (secondary N) is 1. The molecule has 2 aromatic heterocycles. The van der Waals surface area contributed by atoms with Gasteiger partial charge in [0.25, 0.3) is 5.91 Å². The van der Waals surface area contributed by atoms with E-state index in [1.165, 1.54) is 6.33 Å². The highest BCUT2D eigenvalue weighted by Crippen LogP contribution is 2.53. The van der Waals surface area contributed by atoms with Crippen molar-refractivity contribution in [1.29, 1.82) is 0 Å². The summed E-state index contributed by atoms with van der Waals surface area (Å²) in [5.74, 6) is -0.0803. The van der Waals surface area contributed by atoms with Crippen LogP contribution in [0.3, 0.4) is 0 Å². The molecule has 22 heavy (non-hydrogen) atoms. The van der Waals surface area contributed by atoms with Crippen LogP contribution in [0.2, 0.25) is 0 Å². The van der Waals surface area contributed by atoms with Gasteiger partial charge in [0.2, 0.25) is 0 Å². The van der Waals surface area contributed by atoms with Crippen LogP contribution in [-0.4, -0.2) is 51.6 Å². The van der Waals surface area contributed by atoms with Gasteiger partial charge in [-0.25, -0.2) is 9.97 Å². The summed E-state index contributed by atoms with van der Waals surface area (Å²) in [7, 11) is 3.57. The zero-order chi connectivity index (χ0) is 16.1. The number of carbonyl (C=O) groups excluding carboxylic acids is 1. The Morgan fingerprint density at radius 1 is 1.41 bits per heavy atom. The maximum Gasteiger partial charge on any atom is 0.273 e. The van der Waals surface area contributed by atoms with E-state index in [4.69, 9.17) is 4.74 Å². The molecule has 1 aliphatic carbocycles. The Hall–Kier alpha value is -1.95. The van der Waals surface area contributed by atoms with Crippen LogP contribution >= 0.6 is 0 Å². The van der Waals surface area contributed by atoms with Gasteiger partial charge in [-0.05, 0) is 19.4 Å². The standard InChI is InChI=1S/C16H22N4O2/c1-15(2)11(8-16(15,3)22-5)20(4)14(21)12-10-6-7-17-13(10)19-9-18-12/h6-7,9,11H,8H2,1-5H3,(H,17,18,19). The lowest BCUT2D eigenvalue weighted by molar-refractivity contribution is -0.198. The highest BCUT2D eigenvalue weighted by atomic mass is 16.5. The Morgan fingerprint density at radius 3 is 2.77 bits per heavy atom. The van der Waals surface area contributed by atoms with Crippen LogP contribution in [0.15, 0.2) is 18.6 Å². The van der Waals surface area contributed by atoms with E-state index in [1.807, 2.05) is 13.1 Å². The molecule has 0 aromatic carbocycles. The predicted octanol–water partition coefficient (Wildman–Crippen LogP) is 2.23. The van der Waals surface area contributed by atoms with Gasteiger partial charge in [0, 0.05) is 31.8 Å². The van der Waals surface area contributed by atoms with Gasteiger partial charge in [0.15, 0.2) is 0 Å². The third-order valence-corrected chi connectivity index (χ3v) is 5.57. The van der Waals surface area contributed by atoms with E-state index >= 15 is 0 Å². The first-order valence-corrected chi connectivity index (χ1v) is 7.42. The molecule has 2 heterocycles. The minimum atomic E-state index is -0.207. The molecule has 1 fully saturated rings. The van der Waals surface area contributed by atoms with Crippen LogP contribution in [0.1, 0.15) is 37.7 Å². The smallest absolute Gasteiger partial charge is 0.273 e. The average molecular weight is 302 g/mol. The number of amides is 1. The summed E-state index contributed by atoms with van der Waals surface area (Å²) in [6.07, 6.45) is 4.01. The number of aromatic amines is 1. The van der Waals surface area contributed by atoms with Crippen LogP contribution in [0.4, 0.5) is 0 Å². The number of fused-ring (bicyclic) bond motifs is 1. The molecule has 6 nitrogen and oxygen atoms in total. The second-order valence-corrected chi connectivity index (χ2v) is 6.75. The van der Waals surface area contributed by atoms with E-state index in [1.54, 1.807) is 18.2 Å². The van der Waals surface area contributed by atoms with E-state index in [0.29, 0.717) is 11.3 Å². The van der Waals surface area contributed by atoms with E-state index in [2.05, 4.69) is 35.7 Å². The third-order valence-electron chi connectivity index (χ3n) is 5.57. The van der Waals surface area contributed by atoms with Crippen molar-refractivity contribution in [1.82, 2.24) is 19.9 Å². The molecule has 1 amide bonds. The SMILES string of the molecule is COC1(C)CC(N(C)C(=O)c2ncnc3[nH]ccc23)C1(C)C. The molecule has 1 saturated carbocycles. The maximum atomic E-state index is 12.9. The van der Waals surface area contributed by atoms with Crippen molar-refractivity contribution in [3.63, 3.8) is 0 Å². The summed E-state index contributed by atoms with van der Waals surface area (Å²) in [5, 5.41) is 0.756. The fourth-order valence-electron chi connectivity index (χ4n) is 3.43. The first-order chi connectivity index (χ1) is 10.3. The van der Waals surface area contributed by atoms with Crippen LogP contribution in [0, 0.1) is 5.41 Å². The van der Waals surface area contributed by atoms with E-state index < -0.39 is 0 Å². The van der Waals surface area contributed by atoms with Crippen molar-refractivity contribution in [2.75, 3.05) is 14.2 Å². The number of H-pyrrole nitrogens is 1. The van der Waals surface area contributed by atoms with E-state index in [0.717, 1.165) is 11.8 Å². The molecule has 1 N–H and O–H groups in total. The zero-order valence-electron chi connectivity index (χ0n) is 13.7. The molecule has 6 heteroatoms. The molecule has 2 aromatic rings. The fraction of sp³-hybridized carbons (Fsp3) is 0.562. The van der Waals surface area contributed by atoms with Gasteiger partial charge in [-0.1, -0.05) is 13.8 Å². The van der Waals surface area contributed by atoms with Crippen LogP contribution < -0.4 is 0 Å². The highest BCUT2D eigenvalue weighted by molar-refractivity contribution is 6.03. The molecule has 1 aliphatic rings. The third kappa shape index (κ3) is 1.86. The zero-order valence-corrected chi connectivity index (χ0v) is 13.7. The summed E-state index contributed by atoms with van der Waals surface area (Å²) < 4.78 is 5.64. The Morgan fingerprint density at radius 2 is 2.14 bits per heavy atom. The fourth-order valence-corrected chi connectivity index (χ4v) is 3.43. The first-order valence-electron chi connectivity index (χ1n) is 7.42. The van der Waals surface area contributed by atoms with Crippen LogP contribution in [0.5, 0.6) is 0 Å². The minimum Gasteiger partial charge on any atom is -0.378 e. The summed E-state index contributed by atoms with van der Waals surface area (Å²) >= 11 is 0. The second kappa shape index (κ2) is 4.78. The van der Waals surface area contributed by atoms with Crippen molar-refractivity contribution in [2.24, 2.45) is 5.41 Å².